The molecule has 0 aliphatic heterocycles. The Morgan fingerprint density at radius 2 is 2.00 bits per heavy atom. The Kier molecular flexibility index (Phi) is 5.19. The van der Waals surface area contributed by atoms with Gasteiger partial charge in [-0.1, -0.05) is 48.2 Å². The predicted molar refractivity (Wildman–Crippen MR) is 77.1 cm³/mol. The fraction of sp³-hybridized carbons (Fsp3) is 0.600. The molecule has 1 fully saturated rings. The largest absolute Gasteiger partial charge is 0.296 e. The van der Waals surface area contributed by atoms with Crippen molar-refractivity contribution in [2.75, 3.05) is 6.54 Å². The minimum Gasteiger partial charge on any atom is -0.296 e. The van der Waals surface area contributed by atoms with Crippen LogP contribution in [0.2, 0.25) is 0 Å². The smallest absolute Gasteiger partial charge is 0.128 e. The van der Waals surface area contributed by atoms with E-state index in [4.69, 9.17) is 0 Å². The number of rotatable bonds is 4. The molecule has 0 atom stereocenters. The van der Waals surface area contributed by atoms with Gasteiger partial charge in [-0.2, -0.15) is 0 Å². The molecule has 0 N–H and O–H groups in total. The number of nitrogens with zero attached hydrogens (tertiary/aromatic N) is 1. The predicted octanol–water partition coefficient (Wildman–Crippen LogP) is 4.74. The second-order valence-electron chi connectivity index (χ2n) is 5.09. The van der Waals surface area contributed by atoms with Gasteiger partial charge >= 0.3 is 0 Å². The van der Waals surface area contributed by atoms with Crippen LogP contribution in [0.5, 0.6) is 0 Å². The van der Waals surface area contributed by atoms with Crippen LogP contribution < -0.4 is 0 Å². The average Bonchev–Trinajstić information content (AvgIpc) is 2.39. The monoisotopic (exact) mass is 313 g/mol. The molecule has 0 aromatic heterocycles. The molecule has 18 heavy (non-hydrogen) atoms. The summed E-state index contributed by atoms with van der Waals surface area (Å²) in [5, 5.41) is 0. The first-order valence-corrected chi connectivity index (χ1v) is 7.68. The summed E-state index contributed by atoms with van der Waals surface area (Å²) in [6.45, 7) is 3.91. The fourth-order valence-electron chi connectivity index (χ4n) is 2.81. The van der Waals surface area contributed by atoms with Crippen molar-refractivity contribution in [2.45, 2.75) is 51.6 Å². The lowest BCUT2D eigenvalue weighted by molar-refractivity contribution is 0.154. The van der Waals surface area contributed by atoms with Crippen molar-refractivity contribution in [3.8, 4) is 0 Å². The topological polar surface area (TPSA) is 3.24 Å². The minimum absolute atomic E-state index is 0.0985. The molecule has 100 valence electrons. The maximum absolute atomic E-state index is 13.9. The van der Waals surface area contributed by atoms with Crippen molar-refractivity contribution in [3.63, 3.8) is 0 Å². The first-order chi connectivity index (χ1) is 8.70. The van der Waals surface area contributed by atoms with Gasteiger partial charge in [0.05, 0.1) is 0 Å². The summed E-state index contributed by atoms with van der Waals surface area (Å²) in [7, 11) is 0. The lowest BCUT2D eigenvalue weighted by atomic mass is 9.94. The molecule has 0 heterocycles. The molecule has 1 nitrogen and oxygen atoms in total. The Morgan fingerprint density at radius 3 is 2.61 bits per heavy atom. The summed E-state index contributed by atoms with van der Waals surface area (Å²) in [6, 6.07) is 6.02. The molecule has 0 unspecified atom stereocenters. The summed E-state index contributed by atoms with van der Waals surface area (Å²) in [6.07, 6.45) is 6.55. The van der Waals surface area contributed by atoms with E-state index in [9.17, 15) is 4.39 Å². The molecule has 0 spiro atoms. The van der Waals surface area contributed by atoms with E-state index in [-0.39, 0.29) is 5.82 Å². The molecule has 1 aliphatic carbocycles. The third-order valence-electron chi connectivity index (χ3n) is 3.89. The van der Waals surface area contributed by atoms with Crippen molar-refractivity contribution in [3.05, 3.63) is 34.1 Å². The summed E-state index contributed by atoms with van der Waals surface area (Å²) in [5.41, 5.74) is 0.811. The Hall–Kier alpha value is -0.410. The number of hydrogen-bond donors (Lipinski definition) is 0. The van der Waals surface area contributed by atoms with Gasteiger partial charge < -0.3 is 0 Å². The van der Waals surface area contributed by atoms with E-state index in [2.05, 4.69) is 27.8 Å². The fourth-order valence-corrected chi connectivity index (χ4v) is 3.15. The van der Waals surface area contributed by atoms with E-state index < -0.39 is 0 Å². The van der Waals surface area contributed by atoms with Gasteiger partial charge in [-0.05, 0) is 31.5 Å². The Balaban J connectivity index is 2.04. The summed E-state index contributed by atoms with van der Waals surface area (Å²) in [4.78, 5) is 2.42. The van der Waals surface area contributed by atoms with Crippen LogP contribution in [0, 0.1) is 5.82 Å². The highest BCUT2D eigenvalue weighted by Gasteiger charge is 2.20. The Morgan fingerprint density at radius 1 is 1.28 bits per heavy atom. The van der Waals surface area contributed by atoms with Crippen LogP contribution in [0.1, 0.15) is 44.6 Å². The van der Waals surface area contributed by atoms with E-state index in [0.717, 1.165) is 23.1 Å². The van der Waals surface area contributed by atoms with Crippen molar-refractivity contribution in [1.82, 2.24) is 4.90 Å². The number of halogens is 2. The third-order valence-corrected chi connectivity index (χ3v) is 4.38. The first-order valence-electron chi connectivity index (χ1n) is 6.88. The van der Waals surface area contributed by atoms with Crippen LogP contribution in [0.15, 0.2) is 22.7 Å². The van der Waals surface area contributed by atoms with Gasteiger partial charge in [0, 0.05) is 22.6 Å². The van der Waals surface area contributed by atoms with Crippen LogP contribution in [0.25, 0.3) is 0 Å². The maximum atomic E-state index is 13.9. The Bertz CT molecular complexity index is 388. The molecule has 0 bridgehead atoms. The third kappa shape index (κ3) is 3.55. The van der Waals surface area contributed by atoms with E-state index >= 15 is 0 Å². The van der Waals surface area contributed by atoms with E-state index in [0.29, 0.717) is 6.04 Å². The molecular formula is C15H21BrFN. The van der Waals surface area contributed by atoms with Crippen LogP contribution in [0.4, 0.5) is 4.39 Å². The van der Waals surface area contributed by atoms with Gasteiger partial charge in [0.15, 0.2) is 0 Å². The molecule has 2 rings (SSSR count). The van der Waals surface area contributed by atoms with Crippen molar-refractivity contribution >= 4 is 15.9 Å². The van der Waals surface area contributed by atoms with Gasteiger partial charge in [0.1, 0.15) is 5.82 Å². The lowest BCUT2D eigenvalue weighted by Crippen LogP contribution is -2.36. The van der Waals surface area contributed by atoms with Crippen LogP contribution >= 0.6 is 15.9 Å². The van der Waals surface area contributed by atoms with Crippen molar-refractivity contribution in [2.24, 2.45) is 0 Å². The second-order valence-corrected chi connectivity index (χ2v) is 6.01. The standard InChI is InChI=1S/C15H21BrFN/c1-2-18(14-6-4-3-5-7-14)11-12-8-9-13(16)10-15(12)17/h8-10,14H,2-7,11H2,1H3. The van der Waals surface area contributed by atoms with Crippen molar-refractivity contribution < 1.29 is 4.39 Å². The zero-order chi connectivity index (χ0) is 13.0. The SMILES string of the molecule is CCN(Cc1ccc(Br)cc1F)C1CCCCC1. The van der Waals surface area contributed by atoms with E-state index in [1.54, 1.807) is 6.07 Å². The number of benzene rings is 1. The highest BCUT2D eigenvalue weighted by atomic mass is 79.9. The average molecular weight is 314 g/mol. The summed E-state index contributed by atoms with van der Waals surface area (Å²) in [5.74, 6) is -0.0985. The van der Waals surface area contributed by atoms with Gasteiger partial charge in [-0.15, -0.1) is 0 Å². The van der Waals surface area contributed by atoms with Crippen LogP contribution in [0.3, 0.4) is 0 Å². The zero-order valence-corrected chi connectivity index (χ0v) is 12.5. The van der Waals surface area contributed by atoms with Crippen LogP contribution in [-0.4, -0.2) is 17.5 Å². The van der Waals surface area contributed by atoms with Gasteiger partial charge in [0.2, 0.25) is 0 Å². The molecule has 1 aromatic rings. The van der Waals surface area contributed by atoms with Gasteiger partial charge in [-0.25, -0.2) is 4.39 Å². The zero-order valence-electron chi connectivity index (χ0n) is 11.0. The molecule has 3 heteroatoms. The van der Waals surface area contributed by atoms with Gasteiger partial charge in [0.25, 0.3) is 0 Å². The van der Waals surface area contributed by atoms with E-state index in [1.807, 2.05) is 12.1 Å². The maximum Gasteiger partial charge on any atom is 0.128 e. The molecule has 1 saturated carbocycles. The van der Waals surface area contributed by atoms with Gasteiger partial charge in [-0.3, -0.25) is 4.90 Å². The molecule has 0 saturated heterocycles. The highest BCUT2D eigenvalue weighted by molar-refractivity contribution is 9.10. The van der Waals surface area contributed by atoms with Crippen molar-refractivity contribution in [1.29, 1.82) is 0 Å². The molecule has 1 aromatic carbocycles. The second kappa shape index (κ2) is 6.67. The van der Waals surface area contributed by atoms with E-state index in [1.165, 1.54) is 32.1 Å². The summed E-state index contributed by atoms with van der Waals surface area (Å²) >= 11 is 3.30. The highest BCUT2D eigenvalue weighted by Crippen LogP contribution is 2.25. The van der Waals surface area contributed by atoms with Crippen LogP contribution in [-0.2, 0) is 6.54 Å². The minimum atomic E-state index is -0.0985. The Labute approximate surface area is 118 Å². The molecule has 0 radical (unpaired) electrons. The molecular weight excluding hydrogens is 293 g/mol. The normalized spacial score (nSPS) is 17.3. The molecule has 1 aliphatic rings. The first kappa shape index (κ1) is 14.0. The quantitative estimate of drug-likeness (QED) is 0.776. The lowest BCUT2D eigenvalue weighted by Gasteiger charge is -2.33. The molecule has 0 amide bonds. The summed E-state index contributed by atoms with van der Waals surface area (Å²) < 4.78 is 14.7. The number of hydrogen-bond acceptors (Lipinski definition) is 1.